The minimum Gasteiger partial charge on any atom is -0.469 e. The van der Waals surface area contributed by atoms with Crippen molar-refractivity contribution < 1.29 is 9.53 Å². The van der Waals surface area contributed by atoms with Crippen molar-refractivity contribution in [2.45, 2.75) is 32.6 Å². The zero-order valence-corrected chi connectivity index (χ0v) is 16.0. The standard InChI is InChI=1S/C21H24N4O2/c1-15-12-22-20(10-16-13-23-25(2)14-16)24-19(15)9-8-17-6-4-5-7-18(17)11-21(26)27-3/h4-7,12-14H,8-11H2,1-3H3. The van der Waals surface area contributed by atoms with Gasteiger partial charge in [-0.1, -0.05) is 24.3 Å². The highest BCUT2D eigenvalue weighted by Crippen LogP contribution is 2.15. The second-order valence-corrected chi connectivity index (χ2v) is 6.64. The van der Waals surface area contributed by atoms with Crippen molar-refractivity contribution in [2.75, 3.05) is 7.11 Å². The van der Waals surface area contributed by atoms with Crippen LogP contribution >= 0.6 is 0 Å². The van der Waals surface area contributed by atoms with E-state index in [1.807, 2.05) is 50.8 Å². The molecule has 3 aromatic rings. The Balaban J connectivity index is 1.72. The SMILES string of the molecule is COC(=O)Cc1ccccc1CCc1nc(Cc2cnn(C)c2)ncc1C. The molecule has 0 saturated heterocycles. The Morgan fingerprint density at radius 1 is 1.15 bits per heavy atom. The zero-order chi connectivity index (χ0) is 19.2. The normalized spacial score (nSPS) is 10.8. The fourth-order valence-corrected chi connectivity index (χ4v) is 3.06. The maximum absolute atomic E-state index is 11.6. The van der Waals surface area contributed by atoms with E-state index >= 15 is 0 Å². The molecule has 6 nitrogen and oxygen atoms in total. The minimum absolute atomic E-state index is 0.223. The van der Waals surface area contributed by atoms with Crippen molar-refractivity contribution in [1.29, 1.82) is 0 Å². The van der Waals surface area contributed by atoms with Gasteiger partial charge in [0.05, 0.1) is 19.7 Å². The zero-order valence-electron chi connectivity index (χ0n) is 16.0. The second-order valence-electron chi connectivity index (χ2n) is 6.64. The average Bonchev–Trinajstić information content (AvgIpc) is 3.07. The van der Waals surface area contributed by atoms with Gasteiger partial charge in [0.15, 0.2) is 0 Å². The first-order chi connectivity index (χ1) is 13.0. The van der Waals surface area contributed by atoms with Crippen molar-refractivity contribution in [2.24, 2.45) is 7.05 Å². The number of hydrogen-bond donors (Lipinski definition) is 0. The Labute approximate surface area is 159 Å². The molecule has 140 valence electrons. The van der Waals surface area contributed by atoms with Gasteiger partial charge >= 0.3 is 5.97 Å². The summed E-state index contributed by atoms with van der Waals surface area (Å²) in [5.41, 5.74) is 5.37. The van der Waals surface area contributed by atoms with Gasteiger partial charge in [-0.15, -0.1) is 0 Å². The lowest BCUT2D eigenvalue weighted by Gasteiger charge is -2.10. The summed E-state index contributed by atoms with van der Waals surface area (Å²) in [6.07, 6.45) is 8.28. The lowest BCUT2D eigenvalue weighted by Crippen LogP contribution is -2.08. The van der Waals surface area contributed by atoms with E-state index < -0.39 is 0 Å². The van der Waals surface area contributed by atoms with Crippen molar-refractivity contribution in [1.82, 2.24) is 19.7 Å². The summed E-state index contributed by atoms with van der Waals surface area (Å²) in [6.45, 7) is 2.03. The number of ether oxygens (including phenoxy) is 1. The lowest BCUT2D eigenvalue weighted by molar-refractivity contribution is -0.139. The maximum Gasteiger partial charge on any atom is 0.309 e. The van der Waals surface area contributed by atoms with E-state index in [1.165, 1.54) is 7.11 Å². The van der Waals surface area contributed by atoms with Crippen molar-refractivity contribution in [3.8, 4) is 0 Å². The molecule has 0 spiro atoms. The molecule has 3 rings (SSSR count). The van der Waals surface area contributed by atoms with Crippen LogP contribution < -0.4 is 0 Å². The third-order valence-corrected chi connectivity index (χ3v) is 4.56. The Morgan fingerprint density at radius 2 is 1.93 bits per heavy atom. The van der Waals surface area contributed by atoms with Gasteiger partial charge in [-0.2, -0.15) is 5.10 Å². The van der Waals surface area contributed by atoms with E-state index in [9.17, 15) is 4.79 Å². The molecule has 2 aromatic heterocycles. The number of methoxy groups -OCH3 is 1. The molecule has 0 bridgehead atoms. The number of nitrogens with zero attached hydrogens (tertiary/aromatic N) is 4. The third kappa shape index (κ3) is 5.00. The number of hydrogen-bond acceptors (Lipinski definition) is 5. The number of esters is 1. The monoisotopic (exact) mass is 364 g/mol. The van der Waals surface area contributed by atoms with Gasteiger partial charge in [-0.3, -0.25) is 9.48 Å². The Morgan fingerprint density at radius 3 is 2.63 bits per heavy atom. The number of benzene rings is 1. The van der Waals surface area contributed by atoms with Gasteiger partial charge < -0.3 is 4.74 Å². The third-order valence-electron chi connectivity index (χ3n) is 4.56. The molecule has 0 aliphatic rings. The largest absolute Gasteiger partial charge is 0.469 e. The van der Waals surface area contributed by atoms with Crippen LogP contribution in [0.15, 0.2) is 42.9 Å². The molecular weight excluding hydrogens is 340 g/mol. The first-order valence-corrected chi connectivity index (χ1v) is 8.97. The highest BCUT2D eigenvalue weighted by molar-refractivity contribution is 5.72. The highest BCUT2D eigenvalue weighted by Gasteiger charge is 2.10. The molecule has 2 heterocycles. The van der Waals surface area contributed by atoms with Gasteiger partial charge in [-0.05, 0) is 42.0 Å². The van der Waals surface area contributed by atoms with Crippen LogP contribution in [0.2, 0.25) is 0 Å². The fraction of sp³-hybridized carbons (Fsp3) is 0.333. The fourth-order valence-electron chi connectivity index (χ4n) is 3.06. The number of rotatable bonds is 7. The minimum atomic E-state index is -0.223. The quantitative estimate of drug-likeness (QED) is 0.603. The smallest absolute Gasteiger partial charge is 0.309 e. The first-order valence-electron chi connectivity index (χ1n) is 8.97. The summed E-state index contributed by atoms with van der Waals surface area (Å²) in [6, 6.07) is 7.98. The maximum atomic E-state index is 11.6. The van der Waals surface area contributed by atoms with E-state index in [0.717, 1.165) is 46.6 Å². The Kier molecular flexibility index (Phi) is 5.96. The van der Waals surface area contributed by atoms with Gasteiger partial charge in [0.25, 0.3) is 0 Å². The Hall–Kier alpha value is -3.02. The van der Waals surface area contributed by atoms with Gasteiger partial charge in [0.1, 0.15) is 5.82 Å². The van der Waals surface area contributed by atoms with Crippen molar-refractivity contribution >= 4 is 5.97 Å². The van der Waals surface area contributed by atoms with Gasteiger partial charge in [0.2, 0.25) is 0 Å². The number of carbonyl (C=O) groups is 1. The van der Waals surface area contributed by atoms with Crippen LogP contribution in [0.3, 0.4) is 0 Å². The predicted molar refractivity (Wildman–Crippen MR) is 102 cm³/mol. The van der Waals surface area contributed by atoms with Crippen LogP contribution in [0, 0.1) is 6.92 Å². The highest BCUT2D eigenvalue weighted by atomic mass is 16.5. The van der Waals surface area contributed by atoms with Crippen LogP contribution in [0.1, 0.15) is 33.8 Å². The summed E-state index contributed by atoms with van der Waals surface area (Å²) >= 11 is 0. The van der Waals surface area contributed by atoms with Crippen molar-refractivity contribution in [3.63, 3.8) is 0 Å². The van der Waals surface area contributed by atoms with Crippen LogP contribution in [0.25, 0.3) is 0 Å². The summed E-state index contributed by atoms with van der Waals surface area (Å²) in [5, 5.41) is 4.19. The summed E-state index contributed by atoms with van der Waals surface area (Å²) in [4.78, 5) is 20.8. The first kappa shape index (κ1) is 18.8. The molecule has 0 fully saturated rings. The van der Waals surface area contributed by atoms with Crippen LogP contribution in [0.5, 0.6) is 0 Å². The summed E-state index contributed by atoms with van der Waals surface area (Å²) < 4.78 is 6.58. The number of aromatic nitrogens is 4. The second kappa shape index (κ2) is 8.58. The molecule has 0 aliphatic carbocycles. The topological polar surface area (TPSA) is 69.9 Å². The van der Waals surface area contributed by atoms with Crippen molar-refractivity contribution in [3.05, 3.63) is 76.6 Å². The molecule has 0 atom stereocenters. The van der Waals surface area contributed by atoms with E-state index in [1.54, 1.807) is 4.68 Å². The number of carbonyl (C=O) groups excluding carboxylic acids is 1. The molecule has 0 aliphatic heterocycles. The lowest BCUT2D eigenvalue weighted by atomic mass is 9.99. The predicted octanol–water partition coefficient (Wildman–Crippen LogP) is 2.61. The molecule has 1 aromatic carbocycles. The van der Waals surface area contributed by atoms with E-state index in [0.29, 0.717) is 12.8 Å². The van der Waals surface area contributed by atoms with Crippen LogP contribution in [-0.2, 0) is 42.3 Å². The van der Waals surface area contributed by atoms with E-state index in [2.05, 4.69) is 16.1 Å². The summed E-state index contributed by atoms with van der Waals surface area (Å²) in [5.74, 6) is 0.575. The average molecular weight is 364 g/mol. The molecule has 0 saturated carbocycles. The van der Waals surface area contributed by atoms with Crippen LogP contribution in [-0.4, -0.2) is 32.8 Å². The van der Waals surface area contributed by atoms with E-state index in [-0.39, 0.29) is 5.97 Å². The molecule has 27 heavy (non-hydrogen) atoms. The molecule has 0 amide bonds. The van der Waals surface area contributed by atoms with Gasteiger partial charge in [0, 0.05) is 31.6 Å². The molecule has 0 radical (unpaired) electrons. The summed E-state index contributed by atoms with van der Waals surface area (Å²) in [7, 11) is 3.32. The van der Waals surface area contributed by atoms with Crippen LogP contribution in [0.4, 0.5) is 0 Å². The molecular formula is C21H24N4O2. The molecule has 0 unspecified atom stereocenters. The number of aryl methyl sites for hydroxylation is 4. The van der Waals surface area contributed by atoms with Gasteiger partial charge in [-0.25, -0.2) is 9.97 Å². The van der Waals surface area contributed by atoms with E-state index in [4.69, 9.17) is 9.72 Å². The molecule has 0 N–H and O–H groups in total. The Bertz CT molecular complexity index is 933. The molecule has 6 heteroatoms.